The van der Waals surface area contributed by atoms with Crippen LogP contribution < -0.4 is 15.4 Å². The van der Waals surface area contributed by atoms with E-state index >= 15 is 0 Å². The van der Waals surface area contributed by atoms with E-state index in [0.717, 1.165) is 0 Å². The number of nitrogens with one attached hydrogen (secondary N) is 2. The second kappa shape index (κ2) is 11.5. The fourth-order valence-electron chi connectivity index (χ4n) is 3.93. The number of amides is 4. The van der Waals surface area contributed by atoms with Crippen LogP contribution in [0.1, 0.15) is 13.3 Å². The van der Waals surface area contributed by atoms with Gasteiger partial charge in [-0.15, -0.1) is 0 Å². The molecule has 1 aromatic rings. The number of anilines is 1. The van der Waals surface area contributed by atoms with E-state index in [9.17, 15) is 19.2 Å². The Labute approximate surface area is 193 Å². The van der Waals surface area contributed by atoms with Gasteiger partial charge in [0.15, 0.2) is 0 Å². The first kappa shape index (κ1) is 24.3. The normalized spacial score (nSPS) is 19.0. The number of carbonyl (C=O) groups excluding carboxylic acids is 4. The molecule has 180 valence electrons. The summed E-state index contributed by atoms with van der Waals surface area (Å²) in [6.07, 6.45) is -0.510. The smallest absolute Gasteiger partial charge is 0.409 e. The van der Waals surface area contributed by atoms with Crippen LogP contribution in [0.25, 0.3) is 0 Å². The molecule has 0 saturated carbocycles. The van der Waals surface area contributed by atoms with Crippen LogP contribution in [0, 0.1) is 0 Å². The van der Waals surface area contributed by atoms with Gasteiger partial charge in [-0.05, 0) is 19.1 Å². The highest BCUT2D eigenvalue weighted by Crippen LogP contribution is 2.23. The zero-order valence-corrected chi connectivity index (χ0v) is 19.0. The fourth-order valence-corrected chi connectivity index (χ4v) is 3.93. The van der Waals surface area contributed by atoms with Gasteiger partial charge >= 0.3 is 6.09 Å². The van der Waals surface area contributed by atoms with Crippen LogP contribution in [0.2, 0.25) is 0 Å². The highest BCUT2D eigenvalue weighted by atomic mass is 16.6. The molecule has 1 atom stereocenters. The topological polar surface area (TPSA) is 121 Å². The van der Waals surface area contributed by atoms with Crippen molar-refractivity contribution in [3.63, 3.8) is 0 Å². The van der Waals surface area contributed by atoms with Gasteiger partial charge in [-0.2, -0.15) is 0 Å². The predicted octanol–water partition coefficient (Wildman–Crippen LogP) is 0.125. The van der Waals surface area contributed by atoms with Crippen LogP contribution in [0.3, 0.4) is 0 Å². The van der Waals surface area contributed by atoms with Crippen LogP contribution in [0.15, 0.2) is 24.3 Å². The largest absolute Gasteiger partial charge is 0.495 e. The number of hydrogen-bond acceptors (Lipinski definition) is 7. The van der Waals surface area contributed by atoms with Crippen LogP contribution in [-0.2, 0) is 19.1 Å². The molecule has 2 N–H and O–H groups in total. The average Bonchev–Trinajstić information content (AvgIpc) is 2.81. The van der Waals surface area contributed by atoms with Crippen molar-refractivity contribution in [1.82, 2.24) is 20.0 Å². The zero-order valence-electron chi connectivity index (χ0n) is 19.0. The van der Waals surface area contributed by atoms with Gasteiger partial charge in [-0.1, -0.05) is 12.1 Å². The van der Waals surface area contributed by atoms with Gasteiger partial charge in [-0.25, -0.2) is 4.79 Å². The number of piperazine rings is 2. The summed E-state index contributed by atoms with van der Waals surface area (Å²) in [5.41, 5.74) is 0.499. The quantitative estimate of drug-likeness (QED) is 0.592. The Bertz CT molecular complexity index is 871. The van der Waals surface area contributed by atoms with Crippen molar-refractivity contribution in [2.75, 3.05) is 64.8 Å². The molecule has 11 heteroatoms. The standard InChI is InChI=1S/C22H31N5O6/c1-3-33-22(31)26-12-10-25(11-13-26)15-20(29)27-9-8-23-21(30)17(27)14-19(28)24-16-6-4-5-7-18(16)32-2/h4-7,17H,3,8-15H2,1-2H3,(H,23,30)(H,24,28). The maximum absolute atomic E-state index is 13.0. The van der Waals surface area contributed by atoms with Crippen LogP contribution >= 0.6 is 0 Å². The minimum absolute atomic E-state index is 0.120. The molecule has 33 heavy (non-hydrogen) atoms. The van der Waals surface area contributed by atoms with Crippen molar-refractivity contribution < 1.29 is 28.7 Å². The predicted molar refractivity (Wildman–Crippen MR) is 120 cm³/mol. The van der Waals surface area contributed by atoms with Crippen molar-refractivity contribution >= 4 is 29.5 Å². The number of para-hydroxylation sites is 2. The third-order valence-electron chi connectivity index (χ3n) is 5.67. The van der Waals surface area contributed by atoms with Crippen LogP contribution in [-0.4, -0.2) is 104 Å². The van der Waals surface area contributed by atoms with Crippen LogP contribution in [0.5, 0.6) is 5.75 Å². The molecule has 0 radical (unpaired) electrons. The molecule has 11 nitrogen and oxygen atoms in total. The van der Waals surface area contributed by atoms with Crippen molar-refractivity contribution in [3.8, 4) is 5.75 Å². The first-order valence-electron chi connectivity index (χ1n) is 11.1. The van der Waals surface area contributed by atoms with Gasteiger partial charge in [0, 0.05) is 39.3 Å². The molecule has 0 spiro atoms. The Morgan fingerprint density at radius 3 is 2.55 bits per heavy atom. The third kappa shape index (κ3) is 6.35. The van der Waals surface area contributed by atoms with Gasteiger partial charge in [0.2, 0.25) is 17.7 Å². The highest BCUT2D eigenvalue weighted by molar-refractivity contribution is 5.98. The summed E-state index contributed by atoms with van der Waals surface area (Å²) in [6, 6.07) is 6.09. The lowest BCUT2D eigenvalue weighted by Crippen LogP contribution is -2.60. The Balaban J connectivity index is 1.57. The fraction of sp³-hybridized carbons (Fsp3) is 0.545. The Kier molecular flexibility index (Phi) is 8.47. The molecule has 2 aliphatic rings. The summed E-state index contributed by atoms with van der Waals surface area (Å²) in [6.45, 7) is 4.87. The monoisotopic (exact) mass is 461 g/mol. The molecule has 2 fully saturated rings. The van der Waals surface area contributed by atoms with E-state index in [1.54, 1.807) is 36.1 Å². The van der Waals surface area contributed by atoms with Crippen molar-refractivity contribution in [2.45, 2.75) is 19.4 Å². The summed E-state index contributed by atoms with van der Waals surface area (Å²) in [5.74, 6) is -0.447. The lowest BCUT2D eigenvalue weighted by atomic mass is 10.1. The molecule has 0 aromatic heterocycles. The molecule has 0 aliphatic carbocycles. The van der Waals surface area contributed by atoms with E-state index < -0.39 is 6.04 Å². The molecule has 2 aliphatic heterocycles. The summed E-state index contributed by atoms with van der Waals surface area (Å²) in [7, 11) is 1.51. The third-order valence-corrected chi connectivity index (χ3v) is 5.67. The van der Waals surface area contributed by atoms with E-state index in [4.69, 9.17) is 9.47 Å². The van der Waals surface area contributed by atoms with E-state index in [-0.39, 0.29) is 36.8 Å². The Hall–Kier alpha value is -3.34. The number of carbonyl (C=O) groups is 4. The van der Waals surface area contributed by atoms with E-state index in [1.807, 2.05) is 4.90 Å². The van der Waals surface area contributed by atoms with Crippen molar-refractivity contribution in [3.05, 3.63) is 24.3 Å². The van der Waals surface area contributed by atoms with Gasteiger partial charge in [0.05, 0.1) is 32.4 Å². The molecular weight excluding hydrogens is 430 g/mol. The second-order valence-electron chi connectivity index (χ2n) is 7.81. The number of rotatable bonds is 7. The van der Waals surface area contributed by atoms with Gasteiger partial charge in [-0.3, -0.25) is 19.3 Å². The SMILES string of the molecule is CCOC(=O)N1CCN(CC(=O)N2CCNC(=O)C2CC(=O)Nc2ccccc2OC)CC1. The summed E-state index contributed by atoms with van der Waals surface area (Å²) in [5, 5.41) is 5.49. The minimum atomic E-state index is -0.887. The molecule has 4 amide bonds. The minimum Gasteiger partial charge on any atom is -0.495 e. The molecule has 3 rings (SSSR count). The average molecular weight is 462 g/mol. The lowest BCUT2D eigenvalue weighted by Gasteiger charge is -2.38. The number of methoxy groups -OCH3 is 1. The number of nitrogens with zero attached hydrogens (tertiary/aromatic N) is 3. The molecular formula is C22H31N5O6. The maximum atomic E-state index is 13.0. The van der Waals surface area contributed by atoms with E-state index in [2.05, 4.69) is 10.6 Å². The summed E-state index contributed by atoms with van der Waals surface area (Å²) < 4.78 is 10.3. The maximum Gasteiger partial charge on any atom is 0.409 e. The molecule has 2 heterocycles. The van der Waals surface area contributed by atoms with Crippen molar-refractivity contribution in [2.24, 2.45) is 0 Å². The number of ether oxygens (including phenoxy) is 2. The van der Waals surface area contributed by atoms with Gasteiger partial charge in [0.1, 0.15) is 11.8 Å². The van der Waals surface area contributed by atoms with E-state index in [1.165, 1.54) is 12.0 Å². The summed E-state index contributed by atoms with van der Waals surface area (Å²) in [4.78, 5) is 55.1. The molecule has 1 aromatic carbocycles. The molecule has 1 unspecified atom stereocenters. The van der Waals surface area contributed by atoms with Gasteiger partial charge in [0.25, 0.3) is 0 Å². The second-order valence-corrected chi connectivity index (χ2v) is 7.81. The lowest BCUT2D eigenvalue weighted by molar-refractivity contribution is -0.145. The van der Waals surface area contributed by atoms with E-state index in [0.29, 0.717) is 57.3 Å². The van der Waals surface area contributed by atoms with Crippen molar-refractivity contribution in [1.29, 1.82) is 0 Å². The highest BCUT2D eigenvalue weighted by Gasteiger charge is 2.35. The molecule has 0 bridgehead atoms. The van der Waals surface area contributed by atoms with Crippen LogP contribution in [0.4, 0.5) is 10.5 Å². The zero-order chi connectivity index (χ0) is 23.8. The Morgan fingerprint density at radius 1 is 1.12 bits per heavy atom. The Morgan fingerprint density at radius 2 is 1.85 bits per heavy atom. The first-order chi connectivity index (χ1) is 15.9. The molecule has 2 saturated heterocycles. The number of benzene rings is 1. The summed E-state index contributed by atoms with van der Waals surface area (Å²) >= 11 is 0. The van der Waals surface area contributed by atoms with Gasteiger partial charge < -0.3 is 29.9 Å². The first-order valence-corrected chi connectivity index (χ1v) is 11.1. The number of hydrogen-bond donors (Lipinski definition) is 2.